The predicted octanol–water partition coefficient (Wildman–Crippen LogP) is 1.99. The van der Waals surface area contributed by atoms with E-state index in [1.165, 1.54) is 12.0 Å². The number of nitrogens with two attached hydrogens (primary N) is 1. The topological polar surface area (TPSA) is 29.3 Å². The summed E-state index contributed by atoms with van der Waals surface area (Å²) in [6.45, 7) is 4.32. The Hall–Kier alpha value is -0.860. The predicted molar refractivity (Wildman–Crippen MR) is 58.7 cm³/mol. The van der Waals surface area contributed by atoms with E-state index in [1.807, 2.05) is 5.01 Å². The van der Waals surface area contributed by atoms with Crippen LogP contribution in [0.4, 0.5) is 0 Å². The van der Waals surface area contributed by atoms with Gasteiger partial charge in [0.15, 0.2) is 0 Å². The second-order valence-electron chi connectivity index (χ2n) is 4.28. The van der Waals surface area contributed by atoms with Crippen molar-refractivity contribution in [3.63, 3.8) is 0 Å². The van der Waals surface area contributed by atoms with Crippen molar-refractivity contribution in [1.82, 2.24) is 5.01 Å². The molecule has 0 amide bonds. The van der Waals surface area contributed by atoms with Gasteiger partial charge in [0.2, 0.25) is 0 Å². The molecule has 0 unspecified atom stereocenters. The lowest BCUT2D eigenvalue weighted by molar-refractivity contribution is 0.166. The Balaban J connectivity index is 2.12. The van der Waals surface area contributed by atoms with E-state index >= 15 is 0 Å². The van der Waals surface area contributed by atoms with Crippen LogP contribution < -0.4 is 5.84 Å². The molecule has 0 saturated carbocycles. The fraction of sp³-hybridized carbons (Fsp3) is 0.500. The minimum Gasteiger partial charge on any atom is -0.269 e. The summed E-state index contributed by atoms with van der Waals surface area (Å²) in [4.78, 5) is 0. The summed E-state index contributed by atoms with van der Waals surface area (Å²) in [5.74, 6) is 7.15. The zero-order valence-corrected chi connectivity index (χ0v) is 8.69. The molecule has 76 valence electrons. The van der Waals surface area contributed by atoms with Gasteiger partial charge in [-0.05, 0) is 23.8 Å². The van der Waals surface area contributed by atoms with Crippen LogP contribution >= 0.6 is 0 Å². The van der Waals surface area contributed by atoms with Crippen LogP contribution in [0.5, 0.6) is 0 Å². The monoisotopic (exact) mass is 190 g/mol. The Bertz CT molecular complexity index is 284. The Kier molecular flexibility index (Phi) is 2.85. The summed E-state index contributed by atoms with van der Waals surface area (Å²) in [6.07, 6.45) is 1.18. The first-order valence-electron chi connectivity index (χ1n) is 5.32. The molecule has 0 aliphatic carbocycles. The highest BCUT2D eigenvalue weighted by molar-refractivity contribution is 5.20. The molecule has 1 aromatic carbocycles. The van der Waals surface area contributed by atoms with Crippen LogP contribution in [-0.4, -0.2) is 18.1 Å². The van der Waals surface area contributed by atoms with Crippen LogP contribution in [0.15, 0.2) is 30.3 Å². The number of rotatable bonds is 1. The van der Waals surface area contributed by atoms with Crippen molar-refractivity contribution < 1.29 is 0 Å². The maximum Gasteiger partial charge on any atom is 0.0160 e. The molecule has 14 heavy (non-hydrogen) atoms. The molecule has 2 nitrogen and oxygen atoms in total. The third kappa shape index (κ3) is 1.97. The highest BCUT2D eigenvalue weighted by Crippen LogP contribution is 2.31. The zero-order valence-electron chi connectivity index (χ0n) is 8.69. The molecule has 2 heteroatoms. The van der Waals surface area contributed by atoms with Gasteiger partial charge in [-0.3, -0.25) is 5.84 Å². The molecule has 0 aromatic heterocycles. The number of piperidine rings is 1. The quantitative estimate of drug-likeness (QED) is 0.686. The van der Waals surface area contributed by atoms with Gasteiger partial charge in [-0.15, -0.1) is 0 Å². The van der Waals surface area contributed by atoms with E-state index in [9.17, 15) is 0 Å². The lowest BCUT2D eigenvalue weighted by Crippen LogP contribution is -2.42. The summed E-state index contributed by atoms with van der Waals surface area (Å²) in [6, 6.07) is 10.8. The fourth-order valence-corrected chi connectivity index (χ4v) is 2.37. The first-order valence-corrected chi connectivity index (χ1v) is 5.32. The lowest BCUT2D eigenvalue weighted by Gasteiger charge is -2.34. The molecule has 1 aliphatic heterocycles. The van der Waals surface area contributed by atoms with Crippen molar-refractivity contribution in [2.24, 2.45) is 11.8 Å². The van der Waals surface area contributed by atoms with Crippen LogP contribution in [0.2, 0.25) is 0 Å². The lowest BCUT2D eigenvalue weighted by atomic mass is 9.82. The molecule has 1 heterocycles. The maximum atomic E-state index is 5.80. The molecule has 2 atom stereocenters. The number of nitrogens with zero attached hydrogens (tertiary/aromatic N) is 1. The SMILES string of the molecule is C[C@@H]1CN(N)CC[C@H]1c1ccccc1. The summed E-state index contributed by atoms with van der Waals surface area (Å²) in [5, 5.41) is 1.93. The maximum absolute atomic E-state index is 5.80. The largest absolute Gasteiger partial charge is 0.269 e. The highest BCUT2D eigenvalue weighted by Gasteiger charge is 2.25. The molecular weight excluding hydrogens is 172 g/mol. The smallest absolute Gasteiger partial charge is 0.0160 e. The first kappa shape index (κ1) is 9.69. The molecular formula is C12H18N2. The van der Waals surface area contributed by atoms with Crippen LogP contribution in [0.25, 0.3) is 0 Å². The van der Waals surface area contributed by atoms with E-state index in [0.717, 1.165) is 13.1 Å². The van der Waals surface area contributed by atoms with Crippen molar-refractivity contribution in [1.29, 1.82) is 0 Å². The summed E-state index contributed by atoms with van der Waals surface area (Å²) in [5.41, 5.74) is 1.47. The molecule has 2 rings (SSSR count). The van der Waals surface area contributed by atoms with Gasteiger partial charge in [0.05, 0.1) is 0 Å². The number of hydrogen-bond donors (Lipinski definition) is 1. The van der Waals surface area contributed by atoms with Gasteiger partial charge >= 0.3 is 0 Å². The third-order valence-corrected chi connectivity index (χ3v) is 3.16. The van der Waals surface area contributed by atoms with E-state index < -0.39 is 0 Å². The van der Waals surface area contributed by atoms with Gasteiger partial charge in [-0.2, -0.15) is 0 Å². The van der Waals surface area contributed by atoms with Crippen molar-refractivity contribution in [3.8, 4) is 0 Å². The average molecular weight is 190 g/mol. The molecule has 1 aromatic rings. The minimum absolute atomic E-state index is 0.663. The first-order chi connectivity index (χ1) is 6.77. The highest BCUT2D eigenvalue weighted by atomic mass is 15.4. The van der Waals surface area contributed by atoms with E-state index in [0.29, 0.717) is 11.8 Å². The number of hydrogen-bond acceptors (Lipinski definition) is 2. The molecule has 2 N–H and O–H groups in total. The Morgan fingerprint density at radius 3 is 2.64 bits per heavy atom. The number of hydrazine groups is 1. The summed E-state index contributed by atoms with van der Waals surface area (Å²) < 4.78 is 0. The van der Waals surface area contributed by atoms with Gasteiger partial charge in [-0.1, -0.05) is 37.3 Å². The van der Waals surface area contributed by atoms with Gasteiger partial charge < -0.3 is 0 Å². The van der Waals surface area contributed by atoms with Crippen LogP contribution in [0.1, 0.15) is 24.8 Å². The average Bonchev–Trinajstić information content (AvgIpc) is 2.19. The van der Waals surface area contributed by atoms with Gasteiger partial charge in [0.1, 0.15) is 0 Å². The van der Waals surface area contributed by atoms with E-state index in [4.69, 9.17) is 5.84 Å². The van der Waals surface area contributed by atoms with E-state index in [2.05, 4.69) is 37.3 Å². The summed E-state index contributed by atoms with van der Waals surface area (Å²) in [7, 11) is 0. The van der Waals surface area contributed by atoms with E-state index in [1.54, 1.807) is 0 Å². The second-order valence-corrected chi connectivity index (χ2v) is 4.28. The zero-order chi connectivity index (χ0) is 9.97. The second kappa shape index (κ2) is 4.11. The number of benzene rings is 1. The molecule has 0 spiro atoms. The van der Waals surface area contributed by atoms with Crippen molar-refractivity contribution in [2.75, 3.05) is 13.1 Å². The fourth-order valence-electron chi connectivity index (χ4n) is 2.37. The van der Waals surface area contributed by atoms with Crippen LogP contribution in [-0.2, 0) is 0 Å². The Morgan fingerprint density at radius 1 is 1.29 bits per heavy atom. The standard InChI is InChI=1S/C12H18N2/c1-10-9-14(13)8-7-12(10)11-5-3-2-4-6-11/h2-6,10,12H,7-9,13H2,1H3/t10-,12-/m1/s1. The normalized spacial score (nSPS) is 29.0. The van der Waals surface area contributed by atoms with Gasteiger partial charge in [0, 0.05) is 13.1 Å². The van der Waals surface area contributed by atoms with Crippen molar-refractivity contribution in [3.05, 3.63) is 35.9 Å². The molecule has 0 radical (unpaired) electrons. The van der Waals surface area contributed by atoms with E-state index in [-0.39, 0.29) is 0 Å². The molecule has 1 fully saturated rings. The Labute approximate surface area is 85.7 Å². The molecule has 0 bridgehead atoms. The minimum atomic E-state index is 0.663. The van der Waals surface area contributed by atoms with Gasteiger partial charge in [0.25, 0.3) is 0 Å². The third-order valence-electron chi connectivity index (χ3n) is 3.16. The van der Waals surface area contributed by atoms with Gasteiger partial charge in [-0.25, -0.2) is 5.01 Å². The van der Waals surface area contributed by atoms with Crippen LogP contribution in [0, 0.1) is 5.92 Å². The van der Waals surface area contributed by atoms with Crippen molar-refractivity contribution >= 4 is 0 Å². The Morgan fingerprint density at radius 2 is 2.00 bits per heavy atom. The van der Waals surface area contributed by atoms with Crippen LogP contribution in [0.3, 0.4) is 0 Å². The molecule has 1 aliphatic rings. The van der Waals surface area contributed by atoms with Crippen molar-refractivity contribution in [2.45, 2.75) is 19.3 Å². The molecule has 1 saturated heterocycles. The summed E-state index contributed by atoms with van der Waals surface area (Å²) >= 11 is 0.